The lowest BCUT2D eigenvalue weighted by atomic mass is 9.98. The number of hydrogen-bond donors (Lipinski definition) is 1. The molecule has 0 aromatic heterocycles. The lowest BCUT2D eigenvalue weighted by Gasteiger charge is -2.31. The smallest absolute Gasteiger partial charge is 0.251 e. The minimum absolute atomic E-state index is 0.163. The Labute approximate surface area is 166 Å². The van der Waals surface area contributed by atoms with E-state index in [2.05, 4.69) is 5.32 Å². The molecule has 1 saturated heterocycles. The van der Waals surface area contributed by atoms with Crippen LogP contribution < -0.4 is 19.5 Å². The number of ether oxygens (including phenoxy) is 3. The number of sulfonamides is 1. The molecular weight excluding hydrogens is 384 g/mol. The predicted molar refractivity (Wildman–Crippen MR) is 105 cm³/mol. The van der Waals surface area contributed by atoms with Crippen molar-refractivity contribution in [3.63, 3.8) is 0 Å². The number of carbonyl (C=O) groups excluding carboxylic acids is 1. The lowest BCUT2D eigenvalue weighted by Crippen LogP contribution is -2.42. The summed E-state index contributed by atoms with van der Waals surface area (Å²) in [5.74, 6) is 1.31. The Kier molecular flexibility index (Phi) is 6.34. The van der Waals surface area contributed by atoms with E-state index >= 15 is 0 Å². The highest BCUT2D eigenvalue weighted by Gasteiger charge is 2.41. The van der Waals surface area contributed by atoms with Gasteiger partial charge < -0.3 is 19.5 Å². The van der Waals surface area contributed by atoms with Crippen LogP contribution in [0, 0.1) is 5.92 Å². The minimum atomic E-state index is -3.10. The first-order valence-corrected chi connectivity index (χ1v) is 11.0. The quantitative estimate of drug-likeness (QED) is 0.698. The van der Waals surface area contributed by atoms with Gasteiger partial charge in [0.2, 0.25) is 15.8 Å². The van der Waals surface area contributed by atoms with Crippen molar-refractivity contribution in [3.05, 3.63) is 17.7 Å². The Hall–Kier alpha value is -2.00. The molecule has 0 bridgehead atoms. The monoisotopic (exact) mass is 412 g/mol. The second-order valence-corrected chi connectivity index (χ2v) is 9.42. The van der Waals surface area contributed by atoms with Gasteiger partial charge in [0.05, 0.1) is 26.6 Å². The summed E-state index contributed by atoms with van der Waals surface area (Å²) in [6.07, 6.45) is 3.07. The molecule has 0 spiro atoms. The van der Waals surface area contributed by atoms with E-state index in [9.17, 15) is 13.2 Å². The number of carbonyl (C=O) groups is 1. The molecule has 156 valence electrons. The Balaban J connectivity index is 1.56. The summed E-state index contributed by atoms with van der Waals surface area (Å²) in [4.78, 5) is 12.6. The maximum absolute atomic E-state index is 12.6. The molecule has 3 rings (SSSR count). The number of nitrogens with zero attached hydrogens (tertiary/aromatic N) is 1. The predicted octanol–water partition coefficient (Wildman–Crippen LogP) is 1.65. The van der Waals surface area contributed by atoms with Gasteiger partial charge in [-0.25, -0.2) is 12.7 Å². The molecule has 1 aliphatic carbocycles. The number of piperidine rings is 1. The Morgan fingerprint density at radius 2 is 1.61 bits per heavy atom. The standard InChI is InChI=1S/C19H28N2O6S/c1-25-16-10-14(11-17(26-2)18(16)27-3)19(22)20-12-13-6-8-21(9-7-13)28(23,24)15-4-5-15/h10-11,13,15H,4-9,12H2,1-3H3,(H,20,22). The summed E-state index contributed by atoms with van der Waals surface area (Å²) in [6, 6.07) is 3.23. The number of benzene rings is 1. The van der Waals surface area contributed by atoms with Gasteiger partial charge in [0, 0.05) is 25.2 Å². The molecule has 28 heavy (non-hydrogen) atoms. The SMILES string of the molecule is COc1cc(C(=O)NCC2CCN(S(=O)(=O)C3CC3)CC2)cc(OC)c1OC. The summed E-state index contributed by atoms with van der Waals surface area (Å²) in [6.45, 7) is 1.57. The van der Waals surface area contributed by atoms with Crippen molar-refractivity contribution in [2.75, 3.05) is 41.0 Å². The first kappa shape index (κ1) is 20.7. The molecule has 2 aliphatic rings. The van der Waals surface area contributed by atoms with Crippen LogP contribution in [0.5, 0.6) is 17.2 Å². The molecule has 0 atom stereocenters. The Morgan fingerprint density at radius 3 is 2.07 bits per heavy atom. The van der Waals surface area contributed by atoms with Crippen molar-refractivity contribution >= 4 is 15.9 Å². The average Bonchev–Trinajstić information content (AvgIpc) is 3.57. The molecule has 1 saturated carbocycles. The van der Waals surface area contributed by atoms with E-state index in [0.29, 0.717) is 42.4 Å². The van der Waals surface area contributed by atoms with Gasteiger partial charge in [0.15, 0.2) is 11.5 Å². The van der Waals surface area contributed by atoms with Crippen molar-refractivity contribution < 1.29 is 27.4 Å². The first-order chi connectivity index (χ1) is 13.4. The zero-order chi connectivity index (χ0) is 20.3. The first-order valence-electron chi connectivity index (χ1n) is 9.47. The fourth-order valence-electron chi connectivity index (χ4n) is 3.50. The van der Waals surface area contributed by atoms with Crippen LogP contribution in [-0.4, -0.2) is 64.8 Å². The molecule has 0 radical (unpaired) electrons. The number of nitrogens with one attached hydrogen (secondary N) is 1. The van der Waals surface area contributed by atoms with E-state index in [4.69, 9.17) is 14.2 Å². The van der Waals surface area contributed by atoms with Crippen LogP contribution in [0.2, 0.25) is 0 Å². The van der Waals surface area contributed by atoms with Gasteiger partial charge in [0.25, 0.3) is 5.91 Å². The van der Waals surface area contributed by atoms with Gasteiger partial charge in [-0.15, -0.1) is 0 Å². The fourth-order valence-corrected chi connectivity index (χ4v) is 5.37. The van der Waals surface area contributed by atoms with Gasteiger partial charge in [-0.05, 0) is 43.7 Å². The molecule has 1 N–H and O–H groups in total. The largest absolute Gasteiger partial charge is 0.493 e. The number of methoxy groups -OCH3 is 3. The zero-order valence-electron chi connectivity index (χ0n) is 16.6. The normalized spacial score (nSPS) is 18.5. The van der Waals surface area contributed by atoms with Crippen LogP contribution in [-0.2, 0) is 10.0 Å². The highest BCUT2D eigenvalue weighted by molar-refractivity contribution is 7.90. The number of amides is 1. The summed E-state index contributed by atoms with van der Waals surface area (Å²) in [5, 5.41) is 2.78. The van der Waals surface area contributed by atoms with Crippen LogP contribution in [0.25, 0.3) is 0 Å². The van der Waals surface area contributed by atoms with Gasteiger partial charge in [-0.2, -0.15) is 0 Å². The van der Waals surface area contributed by atoms with Gasteiger partial charge >= 0.3 is 0 Å². The average molecular weight is 413 g/mol. The van der Waals surface area contributed by atoms with Crippen molar-refractivity contribution in [1.82, 2.24) is 9.62 Å². The third-order valence-electron chi connectivity index (χ3n) is 5.36. The molecule has 1 heterocycles. The van der Waals surface area contributed by atoms with Crippen LogP contribution in [0.4, 0.5) is 0 Å². The minimum Gasteiger partial charge on any atom is -0.493 e. The van der Waals surface area contributed by atoms with Gasteiger partial charge in [0.1, 0.15) is 0 Å². The van der Waals surface area contributed by atoms with Gasteiger partial charge in [-0.3, -0.25) is 4.79 Å². The van der Waals surface area contributed by atoms with Crippen LogP contribution in [0.15, 0.2) is 12.1 Å². The molecule has 2 fully saturated rings. The molecule has 8 nitrogen and oxygen atoms in total. The maximum atomic E-state index is 12.6. The summed E-state index contributed by atoms with van der Waals surface area (Å²) < 4.78 is 42.1. The number of rotatable bonds is 8. The molecule has 1 amide bonds. The maximum Gasteiger partial charge on any atom is 0.251 e. The van der Waals surface area contributed by atoms with Crippen molar-refractivity contribution in [2.24, 2.45) is 5.92 Å². The van der Waals surface area contributed by atoms with Gasteiger partial charge in [-0.1, -0.05) is 0 Å². The highest BCUT2D eigenvalue weighted by Crippen LogP contribution is 2.38. The van der Waals surface area contributed by atoms with Crippen molar-refractivity contribution in [3.8, 4) is 17.2 Å². The molecule has 1 aromatic rings. The summed E-state index contributed by atoms with van der Waals surface area (Å²) in [7, 11) is 1.41. The molecule has 1 aliphatic heterocycles. The zero-order valence-corrected chi connectivity index (χ0v) is 17.4. The van der Waals surface area contributed by atoms with E-state index < -0.39 is 10.0 Å². The topological polar surface area (TPSA) is 94.2 Å². The van der Waals surface area contributed by atoms with E-state index in [1.165, 1.54) is 21.3 Å². The Morgan fingerprint density at radius 1 is 1.04 bits per heavy atom. The van der Waals surface area contributed by atoms with Crippen molar-refractivity contribution in [1.29, 1.82) is 0 Å². The van der Waals surface area contributed by atoms with Crippen LogP contribution in [0.1, 0.15) is 36.0 Å². The third kappa shape index (κ3) is 4.35. The van der Waals surface area contributed by atoms with E-state index in [1.807, 2.05) is 0 Å². The van der Waals surface area contributed by atoms with Crippen LogP contribution in [0.3, 0.4) is 0 Å². The van der Waals surface area contributed by atoms with Crippen LogP contribution >= 0.6 is 0 Å². The lowest BCUT2D eigenvalue weighted by molar-refractivity contribution is 0.0940. The molecular formula is C19H28N2O6S. The van der Waals surface area contributed by atoms with E-state index in [0.717, 1.165) is 25.7 Å². The Bertz CT molecular complexity index is 789. The summed E-state index contributed by atoms with van der Waals surface area (Å²) in [5.41, 5.74) is 0.420. The number of hydrogen-bond acceptors (Lipinski definition) is 6. The van der Waals surface area contributed by atoms with E-state index in [-0.39, 0.29) is 17.1 Å². The third-order valence-corrected chi connectivity index (χ3v) is 7.76. The van der Waals surface area contributed by atoms with E-state index in [1.54, 1.807) is 16.4 Å². The molecule has 0 unspecified atom stereocenters. The fraction of sp³-hybridized carbons (Fsp3) is 0.632. The molecule has 9 heteroatoms. The second-order valence-electron chi connectivity index (χ2n) is 7.21. The second kappa shape index (κ2) is 8.57. The highest BCUT2D eigenvalue weighted by atomic mass is 32.2. The summed E-state index contributed by atoms with van der Waals surface area (Å²) >= 11 is 0. The van der Waals surface area contributed by atoms with Crippen molar-refractivity contribution in [2.45, 2.75) is 30.9 Å². The molecule has 1 aromatic carbocycles.